The molecule has 4 aliphatic rings. The molecule has 5 amide bonds. The van der Waals surface area contributed by atoms with Crippen molar-refractivity contribution in [2.75, 3.05) is 46.3 Å². The van der Waals surface area contributed by atoms with Crippen LogP contribution in [0.3, 0.4) is 0 Å². The number of carbonyl (C=O) groups excluding carboxylic acids is 6. The zero-order valence-electron chi connectivity index (χ0n) is 47.2. The smallest absolute Gasteiger partial charge is 0.253 e. The van der Waals surface area contributed by atoms with Gasteiger partial charge in [0.25, 0.3) is 11.8 Å². The fourth-order valence-corrected chi connectivity index (χ4v) is 12.8. The zero-order valence-corrected chi connectivity index (χ0v) is 47.2. The number of rotatable bonds is 24. The molecule has 0 aromatic heterocycles. The highest BCUT2D eigenvalue weighted by Crippen LogP contribution is 2.36. The summed E-state index contributed by atoms with van der Waals surface area (Å²) in [6.45, 7) is 8.85. The van der Waals surface area contributed by atoms with Crippen molar-refractivity contribution in [3.05, 3.63) is 131 Å². The van der Waals surface area contributed by atoms with Gasteiger partial charge in [-0.2, -0.15) is 0 Å². The largest absolute Gasteiger partial charge is 0.344 e. The number of hydrogen-bond acceptors (Lipinski definition) is 7. The average Bonchev–Trinajstić information content (AvgIpc) is 4.21. The highest BCUT2D eigenvalue weighted by Gasteiger charge is 2.41. The summed E-state index contributed by atoms with van der Waals surface area (Å²) in [4.78, 5) is 93.2. The van der Waals surface area contributed by atoms with E-state index in [2.05, 4.69) is 34.9 Å². The summed E-state index contributed by atoms with van der Waals surface area (Å²) in [6.07, 6.45) is 16.0. The fraction of sp³-hybridized carbons (Fsp3) is 0.545. The number of nitrogens with zero attached hydrogens (tertiary/aromatic N) is 4. The van der Waals surface area contributed by atoms with Crippen LogP contribution in [0.1, 0.15) is 155 Å². The molecular formula is C66H88N6O6. The third-order valence-corrected chi connectivity index (χ3v) is 18.0. The summed E-state index contributed by atoms with van der Waals surface area (Å²) >= 11 is 0. The first-order valence-electron chi connectivity index (χ1n) is 29.9. The van der Waals surface area contributed by atoms with Crippen LogP contribution in [0.25, 0.3) is 11.1 Å². The Morgan fingerprint density at radius 1 is 0.551 bits per heavy atom. The van der Waals surface area contributed by atoms with Gasteiger partial charge in [-0.1, -0.05) is 137 Å². The molecule has 2 heterocycles. The maximum atomic E-state index is 14.7. The summed E-state index contributed by atoms with van der Waals surface area (Å²) in [5, 5.41) is 6.30. The number of carbonyl (C=O) groups is 6. The minimum absolute atomic E-state index is 0.00988. The first kappa shape index (κ1) is 58.0. The van der Waals surface area contributed by atoms with Crippen LogP contribution in [0, 0.1) is 23.7 Å². The molecule has 0 unspecified atom stereocenters. The minimum atomic E-state index is -0.555. The molecule has 2 N–H and O–H groups in total. The predicted octanol–water partition coefficient (Wildman–Crippen LogP) is 10.6. The van der Waals surface area contributed by atoms with Crippen molar-refractivity contribution >= 4 is 35.3 Å². The number of benzene rings is 4. The van der Waals surface area contributed by atoms with Crippen LogP contribution in [-0.2, 0) is 32.0 Å². The summed E-state index contributed by atoms with van der Waals surface area (Å²) in [5.74, 6) is -0.316. The summed E-state index contributed by atoms with van der Waals surface area (Å²) in [7, 11) is 1.79. The van der Waals surface area contributed by atoms with Crippen LogP contribution in [0.4, 0.5) is 0 Å². The van der Waals surface area contributed by atoms with E-state index in [1.54, 1.807) is 7.05 Å². The van der Waals surface area contributed by atoms with Crippen LogP contribution >= 0.6 is 0 Å². The van der Waals surface area contributed by atoms with E-state index in [9.17, 15) is 28.8 Å². The normalized spacial score (nSPS) is 19.6. The zero-order chi connectivity index (χ0) is 55.0. The van der Waals surface area contributed by atoms with Crippen molar-refractivity contribution in [3.63, 3.8) is 0 Å². The van der Waals surface area contributed by atoms with E-state index in [1.165, 1.54) is 6.42 Å². The summed E-state index contributed by atoms with van der Waals surface area (Å²) in [6, 6.07) is 34.6. The molecule has 12 heteroatoms. The van der Waals surface area contributed by atoms with Gasteiger partial charge in [0.05, 0.1) is 6.04 Å². The van der Waals surface area contributed by atoms with E-state index in [1.807, 2.05) is 125 Å². The number of hydrogen-bond donors (Lipinski definition) is 2. The molecule has 2 saturated heterocycles. The van der Waals surface area contributed by atoms with E-state index < -0.39 is 6.04 Å². The number of ketones is 1. The van der Waals surface area contributed by atoms with Gasteiger partial charge in [0.15, 0.2) is 0 Å². The van der Waals surface area contributed by atoms with E-state index in [0.717, 1.165) is 106 Å². The average molecular weight is 1060 g/mol. The maximum absolute atomic E-state index is 14.7. The first-order chi connectivity index (χ1) is 37.9. The molecule has 2 saturated carbocycles. The van der Waals surface area contributed by atoms with Crippen molar-refractivity contribution in [2.24, 2.45) is 23.7 Å². The molecule has 4 aromatic rings. The number of likely N-dealkylation sites (N-methyl/N-ethyl adjacent to an activating group) is 1. The van der Waals surface area contributed by atoms with Crippen molar-refractivity contribution in [1.82, 2.24) is 30.2 Å². The number of Topliss-reactive ketones (excluding diaryl/α,β-unsaturated/α-hetero) is 1. The molecule has 8 rings (SSSR count). The van der Waals surface area contributed by atoms with Gasteiger partial charge in [-0.3, -0.25) is 28.8 Å². The number of nitrogens with one attached hydrogen (secondary N) is 2. The highest BCUT2D eigenvalue weighted by molar-refractivity contribution is 5.96. The predicted molar refractivity (Wildman–Crippen MR) is 310 cm³/mol. The van der Waals surface area contributed by atoms with Gasteiger partial charge in [0, 0.05) is 80.7 Å². The van der Waals surface area contributed by atoms with Gasteiger partial charge < -0.3 is 30.2 Å². The van der Waals surface area contributed by atoms with Gasteiger partial charge >= 0.3 is 0 Å². The molecule has 4 fully saturated rings. The number of likely N-dealkylation sites (tertiary alicyclic amines) is 2. The lowest BCUT2D eigenvalue weighted by molar-refractivity contribution is -0.141. The van der Waals surface area contributed by atoms with Gasteiger partial charge in [-0.05, 0) is 143 Å². The third-order valence-electron chi connectivity index (χ3n) is 18.0. The van der Waals surface area contributed by atoms with Gasteiger partial charge in [-0.25, -0.2) is 0 Å². The van der Waals surface area contributed by atoms with E-state index in [-0.39, 0.29) is 83.5 Å². The Hall–Kier alpha value is -6.14. The number of amides is 5. The van der Waals surface area contributed by atoms with E-state index in [0.29, 0.717) is 69.7 Å². The quantitative estimate of drug-likeness (QED) is 0.0712. The van der Waals surface area contributed by atoms with E-state index in [4.69, 9.17) is 0 Å². The van der Waals surface area contributed by atoms with Crippen LogP contribution in [0.5, 0.6) is 0 Å². The molecule has 4 aromatic carbocycles. The molecule has 78 heavy (non-hydrogen) atoms. The van der Waals surface area contributed by atoms with E-state index >= 15 is 0 Å². The molecule has 0 bridgehead atoms. The monoisotopic (exact) mass is 1060 g/mol. The Bertz CT molecular complexity index is 2400. The van der Waals surface area contributed by atoms with Crippen LogP contribution < -0.4 is 10.6 Å². The van der Waals surface area contributed by atoms with Crippen LogP contribution in [0.15, 0.2) is 109 Å². The third kappa shape index (κ3) is 15.2. The summed E-state index contributed by atoms with van der Waals surface area (Å²) < 4.78 is 0. The van der Waals surface area contributed by atoms with Crippen LogP contribution in [0.2, 0.25) is 0 Å². The Morgan fingerprint density at radius 2 is 1.00 bits per heavy atom. The Kier molecular flexibility index (Phi) is 21.3. The molecule has 2 aliphatic heterocycles. The fourth-order valence-electron chi connectivity index (χ4n) is 12.8. The molecule has 12 nitrogen and oxygen atoms in total. The summed E-state index contributed by atoms with van der Waals surface area (Å²) in [5.41, 5.74) is 5.23. The van der Waals surface area contributed by atoms with Crippen molar-refractivity contribution in [1.29, 1.82) is 0 Å². The Labute approximate surface area is 465 Å². The first-order valence-corrected chi connectivity index (χ1v) is 29.9. The lowest BCUT2D eigenvalue weighted by atomic mass is 9.76. The molecule has 6 atom stereocenters. The Balaban J connectivity index is 0.969. The van der Waals surface area contributed by atoms with Gasteiger partial charge in [0.2, 0.25) is 17.7 Å². The van der Waals surface area contributed by atoms with Gasteiger partial charge in [0.1, 0.15) is 11.8 Å². The lowest BCUT2D eigenvalue weighted by Crippen LogP contribution is -2.56. The topological polar surface area (TPSA) is 139 Å². The molecular weight excluding hydrogens is 973 g/mol. The van der Waals surface area contributed by atoms with Crippen molar-refractivity contribution in [2.45, 2.75) is 161 Å². The molecule has 0 spiro atoms. The minimum Gasteiger partial charge on any atom is -0.344 e. The van der Waals surface area contributed by atoms with Crippen LogP contribution in [-0.4, -0.2) is 125 Å². The second-order valence-corrected chi connectivity index (χ2v) is 23.2. The van der Waals surface area contributed by atoms with Crippen molar-refractivity contribution < 1.29 is 28.8 Å². The SMILES string of the molecule is CC[C@@H](C)C(=O)N[C@H](C(=O)N1CCC[C@H]1CN(CCc1ccccc1)C(=O)c1ccc(-c2ccc(C(=O)N(CCc3ccccc3)C[C@@H]3CCCN3C(=O)[C@@H](CC(=O)[C@H](C)NC)C3CCCCC3)cc2)cc1)C1CCCCC1. The second-order valence-electron chi connectivity index (χ2n) is 23.2. The highest BCUT2D eigenvalue weighted by atomic mass is 16.2. The lowest BCUT2D eigenvalue weighted by Gasteiger charge is -2.37. The molecule has 418 valence electrons. The maximum Gasteiger partial charge on any atom is 0.253 e. The Morgan fingerprint density at radius 3 is 1.45 bits per heavy atom. The second kappa shape index (κ2) is 28.7. The van der Waals surface area contributed by atoms with Crippen molar-refractivity contribution in [3.8, 4) is 11.1 Å². The van der Waals surface area contributed by atoms with Gasteiger partial charge in [-0.15, -0.1) is 0 Å². The molecule has 0 radical (unpaired) electrons. The standard InChI is InChI=1S/C66H88N6O6/c1-5-47(2)62(74)68-61(54-26-16-9-17-27-54)66(78)72-41-19-29-58(72)46-70(43-39-50-22-12-7-13-23-50)64(76)56-36-32-52(33-37-56)51-30-34-55(35-31-51)63(75)69(42-38-49-20-10-6-11-21-49)45-57-28-18-40-71(57)65(77)59(44-60(73)48(3)67-4)53-24-14-8-15-25-53/h6-7,10-13,20-23,30-37,47-48,53-54,57-59,61,67H,5,8-9,14-19,24-29,38-46H2,1-4H3,(H,68,74)/t47-,48+,57+,58+,59+,61+/m1/s1. The molecule has 2 aliphatic carbocycles.